The van der Waals surface area contributed by atoms with Crippen molar-refractivity contribution in [2.75, 3.05) is 7.05 Å². The normalized spacial score (nSPS) is 12.6. The molecule has 0 spiro atoms. The molecule has 0 aliphatic carbocycles. The molecule has 0 radical (unpaired) electrons. The SMILES string of the molecule is CNC(c1ccncc1)c1cscn1. The Balaban J connectivity index is 2.31. The molecule has 2 aromatic heterocycles. The monoisotopic (exact) mass is 205 g/mol. The van der Waals surface area contributed by atoms with E-state index in [9.17, 15) is 0 Å². The molecule has 1 N–H and O–H groups in total. The first kappa shape index (κ1) is 9.30. The molecule has 0 aromatic carbocycles. The summed E-state index contributed by atoms with van der Waals surface area (Å²) < 4.78 is 0. The van der Waals surface area contributed by atoms with Gasteiger partial charge in [0.15, 0.2) is 0 Å². The van der Waals surface area contributed by atoms with Crippen molar-refractivity contribution in [3.05, 3.63) is 46.7 Å². The van der Waals surface area contributed by atoms with Crippen molar-refractivity contribution in [2.45, 2.75) is 6.04 Å². The van der Waals surface area contributed by atoms with Crippen molar-refractivity contribution in [3.63, 3.8) is 0 Å². The summed E-state index contributed by atoms with van der Waals surface area (Å²) in [4.78, 5) is 8.30. The molecule has 72 valence electrons. The fraction of sp³-hybridized carbons (Fsp3) is 0.200. The number of rotatable bonds is 3. The van der Waals surface area contributed by atoms with Crippen molar-refractivity contribution >= 4 is 11.3 Å². The van der Waals surface area contributed by atoms with Gasteiger partial charge in [-0.3, -0.25) is 4.98 Å². The minimum absolute atomic E-state index is 0.171. The molecule has 2 rings (SSSR count). The number of hydrogen-bond acceptors (Lipinski definition) is 4. The van der Waals surface area contributed by atoms with Gasteiger partial charge in [0.2, 0.25) is 0 Å². The highest BCUT2D eigenvalue weighted by Crippen LogP contribution is 2.20. The molecule has 1 unspecified atom stereocenters. The minimum atomic E-state index is 0.171. The third-order valence-electron chi connectivity index (χ3n) is 2.08. The number of hydrogen-bond donors (Lipinski definition) is 1. The Morgan fingerprint density at radius 3 is 2.71 bits per heavy atom. The first-order valence-electron chi connectivity index (χ1n) is 4.37. The van der Waals surface area contributed by atoms with Gasteiger partial charge >= 0.3 is 0 Å². The lowest BCUT2D eigenvalue weighted by Crippen LogP contribution is -2.17. The number of nitrogens with zero attached hydrogens (tertiary/aromatic N) is 2. The Morgan fingerprint density at radius 2 is 2.14 bits per heavy atom. The fourth-order valence-corrected chi connectivity index (χ4v) is 1.99. The van der Waals surface area contributed by atoms with Gasteiger partial charge in [-0.1, -0.05) is 0 Å². The molecular weight excluding hydrogens is 194 g/mol. The van der Waals surface area contributed by atoms with E-state index in [-0.39, 0.29) is 6.04 Å². The van der Waals surface area contributed by atoms with E-state index >= 15 is 0 Å². The molecule has 0 aliphatic rings. The van der Waals surface area contributed by atoms with Gasteiger partial charge in [0.25, 0.3) is 0 Å². The molecule has 3 nitrogen and oxygen atoms in total. The highest BCUT2D eigenvalue weighted by molar-refractivity contribution is 7.07. The zero-order valence-corrected chi connectivity index (χ0v) is 8.66. The molecule has 2 aromatic rings. The first-order chi connectivity index (χ1) is 6.92. The van der Waals surface area contributed by atoms with Crippen LogP contribution in [0.15, 0.2) is 35.4 Å². The van der Waals surface area contributed by atoms with Crippen LogP contribution in [0.5, 0.6) is 0 Å². The second-order valence-electron chi connectivity index (χ2n) is 2.92. The van der Waals surface area contributed by atoms with Crippen LogP contribution in [0.3, 0.4) is 0 Å². The third-order valence-corrected chi connectivity index (χ3v) is 2.68. The van der Waals surface area contributed by atoms with Crippen LogP contribution in [0, 0.1) is 0 Å². The van der Waals surface area contributed by atoms with Gasteiger partial charge in [-0.15, -0.1) is 11.3 Å². The molecule has 0 saturated heterocycles. The van der Waals surface area contributed by atoms with Crippen LogP contribution >= 0.6 is 11.3 Å². The Hall–Kier alpha value is -1.26. The first-order valence-corrected chi connectivity index (χ1v) is 5.31. The van der Waals surface area contributed by atoms with Crippen LogP contribution < -0.4 is 5.32 Å². The zero-order valence-electron chi connectivity index (χ0n) is 7.84. The number of pyridine rings is 1. The van der Waals surface area contributed by atoms with Crippen LogP contribution in [0.25, 0.3) is 0 Å². The summed E-state index contributed by atoms with van der Waals surface area (Å²) >= 11 is 1.61. The quantitative estimate of drug-likeness (QED) is 0.831. The van der Waals surface area contributed by atoms with E-state index in [0.29, 0.717) is 0 Å². The summed E-state index contributed by atoms with van der Waals surface area (Å²) in [5, 5.41) is 5.29. The van der Waals surface area contributed by atoms with E-state index < -0.39 is 0 Å². The van der Waals surface area contributed by atoms with Crippen molar-refractivity contribution < 1.29 is 0 Å². The van der Waals surface area contributed by atoms with Gasteiger partial charge in [-0.25, -0.2) is 4.98 Å². The molecule has 0 bridgehead atoms. The van der Waals surface area contributed by atoms with Crippen LogP contribution in [-0.4, -0.2) is 17.0 Å². The van der Waals surface area contributed by atoms with Gasteiger partial charge in [0.05, 0.1) is 17.2 Å². The van der Waals surface area contributed by atoms with E-state index in [4.69, 9.17) is 0 Å². The van der Waals surface area contributed by atoms with Crippen LogP contribution in [0.2, 0.25) is 0 Å². The summed E-state index contributed by atoms with van der Waals surface area (Å²) in [6.45, 7) is 0. The molecule has 2 heterocycles. The number of aromatic nitrogens is 2. The second kappa shape index (κ2) is 4.30. The molecule has 0 amide bonds. The molecular formula is C10H11N3S. The number of nitrogens with one attached hydrogen (secondary N) is 1. The van der Waals surface area contributed by atoms with Gasteiger partial charge < -0.3 is 5.32 Å². The summed E-state index contributed by atoms with van der Waals surface area (Å²) in [5.41, 5.74) is 4.10. The molecule has 0 aliphatic heterocycles. The third kappa shape index (κ3) is 1.81. The van der Waals surface area contributed by atoms with Crippen molar-refractivity contribution in [2.24, 2.45) is 0 Å². The Labute approximate surface area is 86.8 Å². The van der Waals surface area contributed by atoms with Gasteiger partial charge in [-0.05, 0) is 24.7 Å². The lowest BCUT2D eigenvalue weighted by Gasteiger charge is -2.13. The number of thiazole rings is 1. The highest BCUT2D eigenvalue weighted by atomic mass is 32.1. The Kier molecular flexibility index (Phi) is 2.86. The maximum absolute atomic E-state index is 4.30. The van der Waals surface area contributed by atoms with Crippen molar-refractivity contribution in [1.82, 2.24) is 15.3 Å². The molecule has 14 heavy (non-hydrogen) atoms. The van der Waals surface area contributed by atoms with Gasteiger partial charge in [-0.2, -0.15) is 0 Å². The molecule has 1 atom stereocenters. The van der Waals surface area contributed by atoms with Crippen molar-refractivity contribution in [3.8, 4) is 0 Å². The lowest BCUT2D eigenvalue weighted by atomic mass is 10.1. The maximum Gasteiger partial charge on any atom is 0.0795 e. The van der Waals surface area contributed by atoms with E-state index in [2.05, 4.69) is 20.7 Å². The van der Waals surface area contributed by atoms with Crippen LogP contribution in [-0.2, 0) is 0 Å². The smallest absolute Gasteiger partial charge is 0.0795 e. The summed E-state index contributed by atoms with van der Waals surface area (Å²) in [7, 11) is 1.93. The predicted octanol–water partition coefficient (Wildman–Crippen LogP) is 1.85. The molecule has 4 heteroatoms. The van der Waals surface area contributed by atoms with Gasteiger partial charge in [0, 0.05) is 17.8 Å². The maximum atomic E-state index is 4.30. The Bertz CT molecular complexity index is 372. The highest BCUT2D eigenvalue weighted by Gasteiger charge is 2.12. The largest absolute Gasteiger partial charge is 0.308 e. The van der Waals surface area contributed by atoms with E-state index in [1.807, 2.05) is 24.7 Å². The van der Waals surface area contributed by atoms with E-state index in [0.717, 1.165) is 5.69 Å². The van der Waals surface area contributed by atoms with Crippen molar-refractivity contribution in [1.29, 1.82) is 0 Å². The van der Waals surface area contributed by atoms with Gasteiger partial charge in [0.1, 0.15) is 0 Å². The van der Waals surface area contributed by atoms with Crippen LogP contribution in [0.4, 0.5) is 0 Å². The average molecular weight is 205 g/mol. The average Bonchev–Trinajstić information content (AvgIpc) is 2.74. The van der Waals surface area contributed by atoms with E-state index in [1.54, 1.807) is 23.7 Å². The lowest BCUT2D eigenvalue weighted by molar-refractivity contribution is 0.674. The summed E-state index contributed by atoms with van der Waals surface area (Å²) in [6, 6.07) is 4.17. The topological polar surface area (TPSA) is 37.8 Å². The summed E-state index contributed by atoms with van der Waals surface area (Å²) in [5.74, 6) is 0. The molecule has 0 fully saturated rings. The standard InChI is InChI=1S/C10H11N3S/c1-11-10(9-6-14-7-13-9)8-2-4-12-5-3-8/h2-7,10-11H,1H3. The predicted molar refractivity (Wildman–Crippen MR) is 57.3 cm³/mol. The van der Waals surface area contributed by atoms with Crippen LogP contribution in [0.1, 0.15) is 17.3 Å². The minimum Gasteiger partial charge on any atom is -0.308 e. The zero-order chi connectivity index (χ0) is 9.80. The van der Waals surface area contributed by atoms with E-state index in [1.165, 1.54) is 5.56 Å². The second-order valence-corrected chi connectivity index (χ2v) is 3.63. The molecule has 0 saturated carbocycles. The fourth-order valence-electron chi connectivity index (χ4n) is 1.41. The Morgan fingerprint density at radius 1 is 1.36 bits per heavy atom. The summed E-state index contributed by atoms with van der Waals surface area (Å²) in [6.07, 6.45) is 3.60.